The van der Waals surface area contributed by atoms with E-state index in [2.05, 4.69) is 10.2 Å². The lowest BCUT2D eigenvalue weighted by Gasteiger charge is -2.29. The van der Waals surface area contributed by atoms with Crippen molar-refractivity contribution < 1.29 is 13.9 Å². The van der Waals surface area contributed by atoms with Gasteiger partial charge in [-0.1, -0.05) is 12.1 Å². The highest BCUT2D eigenvalue weighted by Crippen LogP contribution is 2.35. The summed E-state index contributed by atoms with van der Waals surface area (Å²) in [5.41, 5.74) is 2.55. The van der Waals surface area contributed by atoms with Crippen LogP contribution < -0.4 is 15.0 Å². The van der Waals surface area contributed by atoms with Crippen LogP contribution in [0.25, 0.3) is 0 Å². The molecule has 2 aliphatic rings. The van der Waals surface area contributed by atoms with Gasteiger partial charge in [0.25, 0.3) is 0 Å². The lowest BCUT2D eigenvalue weighted by molar-refractivity contribution is 0.207. The summed E-state index contributed by atoms with van der Waals surface area (Å²) >= 11 is 0. The molecule has 1 N–H and O–H groups in total. The Labute approximate surface area is 152 Å². The van der Waals surface area contributed by atoms with Crippen LogP contribution in [0.15, 0.2) is 42.5 Å². The van der Waals surface area contributed by atoms with E-state index >= 15 is 0 Å². The van der Waals surface area contributed by atoms with E-state index < -0.39 is 0 Å². The van der Waals surface area contributed by atoms with E-state index in [4.69, 9.17) is 4.74 Å². The van der Waals surface area contributed by atoms with Crippen molar-refractivity contribution in [2.75, 3.05) is 37.0 Å². The third kappa shape index (κ3) is 3.19. The number of anilines is 2. The summed E-state index contributed by atoms with van der Waals surface area (Å²) in [6.07, 6.45) is 1.76. The number of ether oxygens (including phenoxy) is 1. The molecular weight excluding hydrogens is 333 g/mol. The van der Waals surface area contributed by atoms with E-state index in [9.17, 15) is 9.18 Å². The molecule has 2 amide bonds. The first-order valence-electron chi connectivity index (χ1n) is 8.93. The number of fused-ring (bicyclic) bond motifs is 1. The number of amides is 2. The van der Waals surface area contributed by atoms with Gasteiger partial charge in [0.2, 0.25) is 0 Å². The Morgan fingerprint density at radius 3 is 2.96 bits per heavy atom. The molecule has 0 aromatic heterocycles. The van der Waals surface area contributed by atoms with Crippen molar-refractivity contribution >= 4 is 17.4 Å². The quantitative estimate of drug-likeness (QED) is 0.885. The van der Waals surface area contributed by atoms with Gasteiger partial charge < -0.3 is 19.9 Å². The maximum Gasteiger partial charge on any atom is 0.322 e. The normalized spacial score (nSPS) is 19.1. The van der Waals surface area contributed by atoms with Gasteiger partial charge in [0.05, 0.1) is 18.3 Å². The molecule has 1 atom stereocenters. The molecule has 0 spiro atoms. The summed E-state index contributed by atoms with van der Waals surface area (Å²) < 4.78 is 19.2. The maximum atomic E-state index is 13.6. The first kappa shape index (κ1) is 16.7. The van der Waals surface area contributed by atoms with Gasteiger partial charge in [0.1, 0.15) is 18.2 Å². The standard InChI is InChI=1S/C20H22FN3O2/c1-23-10-11-26-19-8-7-16(13-18(19)23)22-20(25)24-9-3-6-17(24)14-4-2-5-15(21)12-14/h2,4-5,7-8,12-13,17H,3,6,9-11H2,1H3,(H,22,25). The number of hydrogen-bond acceptors (Lipinski definition) is 3. The molecule has 5 nitrogen and oxygen atoms in total. The summed E-state index contributed by atoms with van der Waals surface area (Å²) in [6, 6.07) is 11.9. The van der Waals surface area contributed by atoms with Crippen LogP contribution in [0.2, 0.25) is 0 Å². The fourth-order valence-electron chi connectivity index (χ4n) is 3.69. The van der Waals surface area contributed by atoms with Gasteiger partial charge in [-0.05, 0) is 48.7 Å². The number of likely N-dealkylation sites (N-methyl/N-ethyl adjacent to an activating group) is 1. The zero-order chi connectivity index (χ0) is 18.1. The van der Waals surface area contributed by atoms with Crippen molar-refractivity contribution in [1.82, 2.24) is 4.90 Å². The van der Waals surface area contributed by atoms with Crippen LogP contribution in [0, 0.1) is 5.82 Å². The van der Waals surface area contributed by atoms with Gasteiger partial charge in [0.15, 0.2) is 0 Å². The van der Waals surface area contributed by atoms with E-state index in [1.54, 1.807) is 11.0 Å². The molecule has 136 valence electrons. The first-order chi connectivity index (χ1) is 12.6. The largest absolute Gasteiger partial charge is 0.490 e. The summed E-state index contributed by atoms with van der Waals surface area (Å²) in [6.45, 7) is 2.15. The molecule has 2 aliphatic heterocycles. The van der Waals surface area contributed by atoms with Gasteiger partial charge in [-0.25, -0.2) is 9.18 Å². The Hall–Kier alpha value is -2.76. The van der Waals surface area contributed by atoms with Gasteiger partial charge >= 0.3 is 6.03 Å². The van der Waals surface area contributed by atoms with Crippen LogP contribution in [0.3, 0.4) is 0 Å². The number of likely N-dealkylation sites (tertiary alicyclic amines) is 1. The van der Waals surface area contributed by atoms with Crippen LogP contribution in [-0.2, 0) is 0 Å². The SMILES string of the molecule is CN1CCOc2ccc(NC(=O)N3CCCC3c3cccc(F)c3)cc21. The number of nitrogens with one attached hydrogen (secondary N) is 1. The molecule has 2 aromatic rings. The topological polar surface area (TPSA) is 44.8 Å². The number of carbonyl (C=O) groups excluding carboxylic acids is 1. The average Bonchev–Trinajstić information content (AvgIpc) is 3.12. The molecule has 0 radical (unpaired) electrons. The number of halogens is 1. The van der Waals surface area contributed by atoms with E-state index in [1.165, 1.54) is 12.1 Å². The minimum Gasteiger partial charge on any atom is -0.490 e. The molecule has 0 saturated carbocycles. The zero-order valence-electron chi connectivity index (χ0n) is 14.7. The van der Waals surface area contributed by atoms with Crippen LogP contribution >= 0.6 is 0 Å². The summed E-state index contributed by atoms with van der Waals surface area (Å²) in [5, 5.41) is 2.98. The van der Waals surface area contributed by atoms with Crippen LogP contribution in [0.4, 0.5) is 20.6 Å². The molecule has 1 unspecified atom stereocenters. The molecule has 2 aromatic carbocycles. The van der Waals surface area contributed by atoms with Crippen molar-refractivity contribution in [3.8, 4) is 5.75 Å². The monoisotopic (exact) mass is 355 g/mol. The minimum atomic E-state index is -0.271. The predicted octanol–water partition coefficient (Wildman–Crippen LogP) is 4.02. The Balaban J connectivity index is 1.52. The average molecular weight is 355 g/mol. The van der Waals surface area contributed by atoms with E-state index in [1.807, 2.05) is 31.3 Å². The number of carbonyl (C=O) groups is 1. The molecule has 1 saturated heterocycles. The first-order valence-corrected chi connectivity index (χ1v) is 8.93. The second kappa shape index (κ2) is 6.86. The number of benzene rings is 2. The zero-order valence-corrected chi connectivity index (χ0v) is 14.7. The second-order valence-electron chi connectivity index (χ2n) is 6.79. The Kier molecular flexibility index (Phi) is 4.41. The number of urea groups is 1. The number of hydrogen-bond donors (Lipinski definition) is 1. The molecular formula is C20H22FN3O2. The van der Waals surface area contributed by atoms with Crippen LogP contribution in [0.5, 0.6) is 5.75 Å². The van der Waals surface area contributed by atoms with E-state index in [-0.39, 0.29) is 17.9 Å². The molecule has 1 fully saturated rings. The lowest BCUT2D eigenvalue weighted by Crippen LogP contribution is -2.34. The number of nitrogens with zero attached hydrogens (tertiary/aromatic N) is 2. The van der Waals surface area contributed by atoms with Crippen molar-refractivity contribution in [2.45, 2.75) is 18.9 Å². The fourth-order valence-corrected chi connectivity index (χ4v) is 3.69. The van der Waals surface area contributed by atoms with Crippen molar-refractivity contribution in [1.29, 1.82) is 0 Å². The molecule has 0 bridgehead atoms. The summed E-state index contributed by atoms with van der Waals surface area (Å²) in [5.74, 6) is 0.558. The third-order valence-electron chi connectivity index (χ3n) is 5.05. The smallest absolute Gasteiger partial charge is 0.322 e. The molecule has 0 aliphatic carbocycles. The minimum absolute atomic E-state index is 0.0886. The summed E-state index contributed by atoms with van der Waals surface area (Å²) in [4.78, 5) is 16.7. The molecule has 26 heavy (non-hydrogen) atoms. The maximum absolute atomic E-state index is 13.6. The lowest BCUT2D eigenvalue weighted by atomic mass is 10.0. The van der Waals surface area contributed by atoms with E-state index in [0.717, 1.165) is 42.1 Å². The van der Waals surface area contributed by atoms with Gasteiger partial charge in [0, 0.05) is 19.3 Å². The van der Waals surface area contributed by atoms with Crippen molar-refractivity contribution in [2.24, 2.45) is 0 Å². The van der Waals surface area contributed by atoms with Gasteiger partial charge in [-0.15, -0.1) is 0 Å². The highest BCUT2D eigenvalue weighted by Gasteiger charge is 2.30. The Morgan fingerprint density at radius 1 is 1.23 bits per heavy atom. The van der Waals surface area contributed by atoms with Gasteiger partial charge in [-0.3, -0.25) is 0 Å². The van der Waals surface area contributed by atoms with E-state index in [0.29, 0.717) is 13.2 Å². The summed E-state index contributed by atoms with van der Waals surface area (Å²) in [7, 11) is 2.01. The fraction of sp³-hybridized carbons (Fsp3) is 0.350. The highest BCUT2D eigenvalue weighted by atomic mass is 19.1. The second-order valence-corrected chi connectivity index (χ2v) is 6.79. The third-order valence-corrected chi connectivity index (χ3v) is 5.05. The van der Waals surface area contributed by atoms with Crippen molar-refractivity contribution in [3.05, 3.63) is 53.8 Å². The molecule has 6 heteroatoms. The van der Waals surface area contributed by atoms with Crippen molar-refractivity contribution in [3.63, 3.8) is 0 Å². The number of rotatable bonds is 2. The van der Waals surface area contributed by atoms with Gasteiger partial charge in [-0.2, -0.15) is 0 Å². The Bertz CT molecular complexity index is 826. The Morgan fingerprint density at radius 2 is 2.12 bits per heavy atom. The van der Waals surface area contributed by atoms with Crippen LogP contribution in [-0.4, -0.2) is 37.7 Å². The molecule has 2 heterocycles. The predicted molar refractivity (Wildman–Crippen MR) is 99.3 cm³/mol. The van der Waals surface area contributed by atoms with Crippen LogP contribution in [0.1, 0.15) is 24.4 Å². The molecule has 4 rings (SSSR count). The highest BCUT2D eigenvalue weighted by molar-refractivity contribution is 5.91.